The van der Waals surface area contributed by atoms with Crippen molar-refractivity contribution in [3.05, 3.63) is 65.2 Å². The first-order chi connectivity index (χ1) is 11.8. The number of carbonyl (C=O) groups excluding carboxylic acids is 2. The van der Waals surface area contributed by atoms with E-state index in [0.29, 0.717) is 11.3 Å². The SMILES string of the molecule is CC(C)C(=O)Nc1ccc(C(=O)NC(C)c2ccc(F)cc2F)cc1. The standard InChI is InChI=1S/C19H20F2N2O2/c1-11(2)18(24)23-15-7-4-13(5-8-15)19(25)22-12(3)16-9-6-14(20)10-17(16)21/h4-12H,1-3H3,(H,22,25)(H,23,24). The van der Waals surface area contributed by atoms with Crippen LogP contribution in [0.25, 0.3) is 0 Å². The predicted molar refractivity (Wildman–Crippen MR) is 92.1 cm³/mol. The molecule has 2 aromatic carbocycles. The van der Waals surface area contributed by atoms with Gasteiger partial charge in [-0.3, -0.25) is 9.59 Å². The molecule has 25 heavy (non-hydrogen) atoms. The predicted octanol–water partition coefficient (Wildman–Crippen LogP) is 4.05. The summed E-state index contributed by atoms with van der Waals surface area (Å²) in [5, 5.41) is 5.39. The Labute approximate surface area is 145 Å². The first-order valence-electron chi connectivity index (χ1n) is 7.94. The van der Waals surface area contributed by atoms with Crippen LogP contribution < -0.4 is 10.6 Å². The summed E-state index contributed by atoms with van der Waals surface area (Å²) in [6.45, 7) is 5.19. The minimum absolute atomic E-state index is 0.113. The van der Waals surface area contributed by atoms with Gasteiger partial charge in [-0.05, 0) is 37.3 Å². The van der Waals surface area contributed by atoms with Gasteiger partial charge in [-0.2, -0.15) is 0 Å². The Bertz CT molecular complexity index is 773. The van der Waals surface area contributed by atoms with Crippen LogP contribution in [-0.2, 0) is 4.79 Å². The number of nitrogens with one attached hydrogen (secondary N) is 2. The van der Waals surface area contributed by atoms with Crippen molar-refractivity contribution in [2.45, 2.75) is 26.8 Å². The fourth-order valence-corrected chi connectivity index (χ4v) is 2.20. The molecule has 132 valence electrons. The van der Waals surface area contributed by atoms with Crippen molar-refractivity contribution in [2.75, 3.05) is 5.32 Å². The van der Waals surface area contributed by atoms with E-state index >= 15 is 0 Å². The molecule has 0 radical (unpaired) electrons. The Kier molecular flexibility index (Phi) is 5.85. The maximum atomic E-state index is 13.8. The highest BCUT2D eigenvalue weighted by atomic mass is 19.1. The molecule has 0 spiro atoms. The van der Waals surface area contributed by atoms with Crippen LogP contribution in [0.4, 0.5) is 14.5 Å². The average Bonchev–Trinajstić information content (AvgIpc) is 2.55. The first-order valence-corrected chi connectivity index (χ1v) is 7.94. The molecule has 2 aromatic rings. The van der Waals surface area contributed by atoms with Gasteiger partial charge in [0.2, 0.25) is 5.91 Å². The van der Waals surface area contributed by atoms with Gasteiger partial charge in [0.1, 0.15) is 11.6 Å². The van der Waals surface area contributed by atoms with Gasteiger partial charge in [-0.1, -0.05) is 19.9 Å². The van der Waals surface area contributed by atoms with Crippen molar-refractivity contribution >= 4 is 17.5 Å². The summed E-state index contributed by atoms with van der Waals surface area (Å²) in [6.07, 6.45) is 0. The van der Waals surface area contributed by atoms with Gasteiger partial charge in [0.25, 0.3) is 5.91 Å². The molecule has 0 aliphatic carbocycles. The van der Waals surface area contributed by atoms with E-state index in [1.807, 2.05) is 0 Å². The highest BCUT2D eigenvalue weighted by molar-refractivity contribution is 5.96. The van der Waals surface area contributed by atoms with Crippen LogP contribution in [0, 0.1) is 17.6 Å². The van der Waals surface area contributed by atoms with E-state index in [9.17, 15) is 18.4 Å². The van der Waals surface area contributed by atoms with Crippen LogP contribution in [0.1, 0.15) is 42.7 Å². The number of rotatable bonds is 5. The number of hydrogen-bond acceptors (Lipinski definition) is 2. The Morgan fingerprint density at radius 3 is 2.16 bits per heavy atom. The summed E-state index contributed by atoms with van der Waals surface area (Å²) < 4.78 is 26.7. The normalized spacial score (nSPS) is 11.9. The molecule has 2 rings (SSSR count). The summed E-state index contributed by atoms with van der Waals surface area (Å²) in [5.41, 5.74) is 1.17. The molecule has 0 bridgehead atoms. The Hall–Kier alpha value is -2.76. The third kappa shape index (κ3) is 4.86. The Balaban J connectivity index is 2.04. The van der Waals surface area contributed by atoms with Crippen LogP contribution in [-0.4, -0.2) is 11.8 Å². The van der Waals surface area contributed by atoms with Crippen molar-refractivity contribution in [1.82, 2.24) is 5.32 Å². The topological polar surface area (TPSA) is 58.2 Å². The van der Waals surface area contributed by atoms with E-state index in [2.05, 4.69) is 10.6 Å². The third-order valence-corrected chi connectivity index (χ3v) is 3.72. The molecule has 1 unspecified atom stereocenters. The number of carbonyl (C=O) groups is 2. The van der Waals surface area contributed by atoms with Gasteiger partial charge >= 0.3 is 0 Å². The summed E-state index contributed by atoms with van der Waals surface area (Å²) in [6, 6.07) is 9.00. The molecular weight excluding hydrogens is 326 g/mol. The zero-order valence-corrected chi connectivity index (χ0v) is 14.3. The van der Waals surface area contributed by atoms with Crippen molar-refractivity contribution in [3.8, 4) is 0 Å². The maximum absolute atomic E-state index is 13.8. The minimum Gasteiger partial charge on any atom is -0.345 e. The smallest absolute Gasteiger partial charge is 0.251 e. The van der Waals surface area contributed by atoms with Gasteiger partial charge in [0.15, 0.2) is 0 Å². The van der Waals surface area contributed by atoms with E-state index in [1.165, 1.54) is 6.07 Å². The number of anilines is 1. The van der Waals surface area contributed by atoms with E-state index < -0.39 is 23.6 Å². The van der Waals surface area contributed by atoms with Crippen LogP contribution in [0.15, 0.2) is 42.5 Å². The van der Waals surface area contributed by atoms with Gasteiger partial charge in [-0.25, -0.2) is 8.78 Å². The highest BCUT2D eigenvalue weighted by Crippen LogP contribution is 2.19. The Morgan fingerprint density at radius 1 is 0.960 bits per heavy atom. The molecule has 0 aliphatic heterocycles. The second kappa shape index (κ2) is 7.88. The molecule has 2 N–H and O–H groups in total. The lowest BCUT2D eigenvalue weighted by Gasteiger charge is -2.15. The Morgan fingerprint density at radius 2 is 1.60 bits per heavy atom. The van der Waals surface area contributed by atoms with Crippen LogP contribution in [0.5, 0.6) is 0 Å². The second-order valence-electron chi connectivity index (χ2n) is 6.08. The summed E-state index contributed by atoms with van der Waals surface area (Å²) >= 11 is 0. The van der Waals surface area contributed by atoms with Crippen LogP contribution >= 0.6 is 0 Å². The fourth-order valence-electron chi connectivity index (χ4n) is 2.20. The minimum atomic E-state index is -0.709. The van der Waals surface area contributed by atoms with Gasteiger partial charge in [0.05, 0.1) is 6.04 Å². The average molecular weight is 346 g/mol. The summed E-state index contributed by atoms with van der Waals surface area (Å²) in [5.74, 6) is -2.02. The van der Waals surface area contributed by atoms with E-state index in [0.717, 1.165) is 12.1 Å². The van der Waals surface area contributed by atoms with Crippen LogP contribution in [0.2, 0.25) is 0 Å². The van der Waals surface area contributed by atoms with Gasteiger partial charge in [-0.15, -0.1) is 0 Å². The zero-order valence-electron chi connectivity index (χ0n) is 14.3. The zero-order chi connectivity index (χ0) is 18.6. The second-order valence-corrected chi connectivity index (χ2v) is 6.08. The summed E-state index contributed by atoms with van der Waals surface area (Å²) in [4.78, 5) is 23.9. The lowest BCUT2D eigenvalue weighted by atomic mass is 10.1. The molecular formula is C19H20F2N2O2. The molecule has 0 fully saturated rings. The van der Waals surface area contributed by atoms with Gasteiger partial charge < -0.3 is 10.6 Å². The van der Waals surface area contributed by atoms with Crippen LogP contribution in [0.3, 0.4) is 0 Å². The number of halogens is 2. The lowest BCUT2D eigenvalue weighted by molar-refractivity contribution is -0.118. The quantitative estimate of drug-likeness (QED) is 0.858. The van der Waals surface area contributed by atoms with E-state index in [-0.39, 0.29) is 17.4 Å². The maximum Gasteiger partial charge on any atom is 0.251 e. The molecule has 0 aliphatic rings. The van der Waals surface area contributed by atoms with Crippen molar-refractivity contribution in [3.63, 3.8) is 0 Å². The van der Waals surface area contributed by atoms with Crippen molar-refractivity contribution in [1.29, 1.82) is 0 Å². The number of benzene rings is 2. The highest BCUT2D eigenvalue weighted by Gasteiger charge is 2.15. The van der Waals surface area contributed by atoms with E-state index in [4.69, 9.17) is 0 Å². The van der Waals surface area contributed by atoms with Gasteiger partial charge in [0, 0.05) is 28.8 Å². The molecule has 0 heterocycles. The first kappa shape index (κ1) is 18.6. The largest absolute Gasteiger partial charge is 0.345 e. The molecule has 0 aromatic heterocycles. The molecule has 0 saturated carbocycles. The van der Waals surface area contributed by atoms with Crippen molar-refractivity contribution in [2.24, 2.45) is 5.92 Å². The third-order valence-electron chi connectivity index (χ3n) is 3.72. The van der Waals surface area contributed by atoms with Crippen molar-refractivity contribution < 1.29 is 18.4 Å². The molecule has 6 heteroatoms. The number of amides is 2. The monoisotopic (exact) mass is 346 g/mol. The molecule has 2 amide bonds. The fraction of sp³-hybridized carbons (Fsp3) is 0.263. The number of hydrogen-bond donors (Lipinski definition) is 2. The molecule has 0 saturated heterocycles. The molecule has 4 nitrogen and oxygen atoms in total. The molecule has 1 atom stereocenters. The summed E-state index contributed by atoms with van der Waals surface area (Å²) in [7, 11) is 0. The lowest BCUT2D eigenvalue weighted by Crippen LogP contribution is -2.27. The van der Waals surface area contributed by atoms with E-state index in [1.54, 1.807) is 45.0 Å².